The summed E-state index contributed by atoms with van der Waals surface area (Å²) in [7, 11) is 3.30. The van der Waals surface area contributed by atoms with Crippen molar-refractivity contribution < 1.29 is 14.3 Å². The minimum absolute atomic E-state index is 0.0904. The zero-order chi connectivity index (χ0) is 20.9. The van der Waals surface area contributed by atoms with Gasteiger partial charge in [-0.15, -0.1) is 10.2 Å². The van der Waals surface area contributed by atoms with Crippen LogP contribution in [0.1, 0.15) is 24.4 Å². The predicted octanol–water partition coefficient (Wildman–Crippen LogP) is 3.74. The molecule has 7 nitrogen and oxygen atoms in total. The fourth-order valence-electron chi connectivity index (χ4n) is 3.71. The molecule has 0 saturated carbocycles. The number of likely N-dealkylation sites (tertiary alicyclic amines) is 1. The first-order chi connectivity index (χ1) is 14.7. The number of methoxy groups -OCH3 is 2. The Morgan fingerprint density at radius 1 is 1.13 bits per heavy atom. The van der Waals surface area contributed by atoms with Crippen molar-refractivity contribution in [2.75, 3.05) is 26.5 Å². The van der Waals surface area contributed by atoms with E-state index in [1.165, 1.54) is 11.8 Å². The summed E-state index contributed by atoms with van der Waals surface area (Å²) in [5.74, 6) is 2.02. The third kappa shape index (κ3) is 4.28. The minimum Gasteiger partial charge on any atom is -0.497 e. The highest BCUT2D eigenvalue weighted by molar-refractivity contribution is 7.99. The largest absolute Gasteiger partial charge is 0.497 e. The second-order valence-corrected chi connectivity index (χ2v) is 7.93. The molecule has 3 aromatic rings. The van der Waals surface area contributed by atoms with Crippen molar-refractivity contribution in [2.45, 2.75) is 24.0 Å². The smallest absolute Gasteiger partial charge is 0.233 e. The topological polar surface area (TPSA) is 69.5 Å². The lowest BCUT2D eigenvalue weighted by Crippen LogP contribution is -2.32. The number of amides is 1. The third-order valence-corrected chi connectivity index (χ3v) is 6.17. The lowest BCUT2D eigenvalue weighted by atomic mass is 10.0. The zero-order valence-electron chi connectivity index (χ0n) is 17.0. The van der Waals surface area contributed by atoms with E-state index >= 15 is 0 Å². The van der Waals surface area contributed by atoms with Crippen LogP contribution in [0.2, 0.25) is 0 Å². The van der Waals surface area contributed by atoms with Crippen LogP contribution in [-0.4, -0.2) is 52.1 Å². The average Bonchev–Trinajstić information content (AvgIpc) is 3.47. The van der Waals surface area contributed by atoms with Gasteiger partial charge in [-0.1, -0.05) is 23.9 Å². The number of aromatic nitrogens is 3. The van der Waals surface area contributed by atoms with Crippen LogP contribution in [0.3, 0.4) is 0 Å². The van der Waals surface area contributed by atoms with Crippen molar-refractivity contribution in [3.63, 3.8) is 0 Å². The molecule has 1 aromatic heterocycles. The fourth-order valence-corrected chi connectivity index (χ4v) is 4.53. The van der Waals surface area contributed by atoms with Crippen molar-refractivity contribution >= 4 is 17.7 Å². The lowest BCUT2D eigenvalue weighted by Gasteiger charge is -2.25. The highest BCUT2D eigenvalue weighted by Crippen LogP contribution is 2.34. The number of benzene rings is 2. The van der Waals surface area contributed by atoms with Gasteiger partial charge in [0.25, 0.3) is 0 Å². The van der Waals surface area contributed by atoms with Gasteiger partial charge >= 0.3 is 0 Å². The summed E-state index contributed by atoms with van der Waals surface area (Å²) in [6.07, 6.45) is 3.62. The van der Waals surface area contributed by atoms with Crippen LogP contribution < -0.4 is 9.47 Å². The van der Waals surface area contributed by atoms with Crippen LogP contribution in [0.5, 0.6) is 11.5 Å². The lowest BCUT2D eigenvalue weighted by molar-refractivity contribution is -0.129. The summed E-state index contributed by atoms with van der Waals surface area (Å²) in [6.45, 7) is 0.770. The van der Waals surface area contributed by atoms with Crippen molar-refractivity contribution in [2.24, 2.45) is 0 Å². The first-order valence-electron chi connectivity index (χ1n) is 9.80. The molecule has 0 spiro atoms. The van der Waals surface area contributed by atoms with Gasteiger partial charge in [0.2, 0.25) is 5.91 Å². The summed E-state index contributed by atoms with van der Waals surface area (Å²) in [6, 6.07) is 15.7. The number of carbonyl (C=O) groups excluding carboxylic acids is 1. The van der Waals surface area contributed by atoms with E-state index in [4.69, 9.17) is 9.47 Å². The average molecular weight is 425 g/mol. The van der Waals surface area contributed by atoms with E-state index in [9.17, 15) is 4.79 Å². The summed E-state index contributed by atoms with van der Waals surface area (Å²) < 4.78 is 12.4. The SMILES string of the molecule is COc1ccc(-n2cnnc2SCC(=O)N2CCC[C@H]2c2cccc(OC)c2)cc1. The molecule has 0 unspecified atom stereocenters. The molecule has 0 bridgehead atoms. The number of rotatable bonds is 7. The Bertz CT molecular complexity index is 1010. The molecule has 156 valence electrons. The summed E-state index contributed by atoms with van der Waals surface area (Å²) in [4.78, 5) is 15.0. The van der Waals surface area contributed by atoms with Crippen LogP contribution in [0.25, 0.3) is 5.69 Å². The monoisotopic (exact) mass is 424 g/mol. The molecule has 1 amide bonds. The number of hydrogen-bond acceptors (Lipinski definition) is 6. The number of carbonyl (C=O) groups is 1. The van der Waals surface area contributed by atoms with Gasteiger partial charge in [0.1, 0.15) is 17.8 Å². The molecule has 1 aliphatic heterocycles. The van der Waals surface area contributed by atoms with Crippen molar-refractivity contribution in [3.8, 4) is 17.2 Å². The first kappa shape index (κ1) is 20.3. The van der Waals surface area contributed by atoms with Gasteiger partial charge in [0.05, 0.1) is 26.0 Å². The second-order valence-electron chi connectivity index (χ2n) is 6.99. The third-order valence-electron chi connectivity index (χ3n) is 5.24. The summed E-state index contributed by atoms with van der Waals surface area (Å²) >= 11 is 1.40. The van der Waals surface area contributed by atoms with E-state index in [-0.39, 0.29) is 11.9 Å². The Morgan fingerprint density at radius 3 is 2.70 bits per heavy atom. The molecule has 1 atom stereocenters. The molecule has 2 heterocycles. The summed E-state index contributed by atoms with van der Waals surface area (Å²) in [5, 5.41) is 8.90. The molecular weight excluding hydrogens is 400 g/mol. The van der Waals surface area contributed by atoms with E-state index in [0.717, 1.165) is 42.1 Å². The van der Waals surface area contributed by atoms with Gasteiger partial charge in [-0.2, -0.15) is 0 Å². The molecule has 1 saturated heterocycles. The van der Waals surface area contributed by atoms with Crippen molar-refractivity contribution in [1.82, 2.24) is 19.7 Å². The molecule has 1 fully saturated rings. The maximum Gasteiger partial charge on any atom is 0.233 e. The van der Waals surface area contributed by atoms with Crippen LogP contribution in [0, 0.1) is 0 Å². The zero-order valence-corrected chi connectivity index (χ0v) is 17.8. The van der Waals surface area contributed by atoms with E-state index < -0.39 is 0 Å². The number of thioether (sulfide) groups is 1. The quantitative estimate of drug-likeness (QED) is 0.538. The molecule has 30 heavy (non-hydrogen) atoms. The van der Waals surface area contributed by atoms with Gasteiger partial charge in [-0.05, 0) is 54.8 Å². The van der Waals surface area contributed by atoms with Crippen LogP contribution in [0.15, 0.2) is 60.0 Å². The Kier molecular flexibility index (Phi) is 6.23. The van der Waals surface area contributed by atoms with Gasteiger partial charge < -0.3 is 14.4 Å². The van der Waals surface area contributed by atoms with Gasteiger partial charge in [0.15, 0.2) is 5.16 Å². The number of nitrogens with zero attached hydrogens (tertiary/aromatic N) is 4. The highest BCUT2D eigenvalue weighted by atomic mass is 32.2. The molecule has 0 radical (unpaired) electrons. The Hall–Kier alpha value is -3.00. The standard InChI is InChI=1S/C22H24N4O3S/c1-28-18-10-8-17(9-11-18)26-15-23-24-22(26)30-14-21(27)25-12-4-7-20(25)16-5-3-6-19(13-16)29-2/h3,5-6,8-11,13,15,20H,4,7,12,14H2,1-2H3/t20-/m0/s1. The van der Waals surface area contributed by atoms with Crippen LogP contribution in [-0.2, 0) is 4.79 Å². The molecule has 1 aliphatic rings. The number of ether oxygens (including phenoxy) is 2. The van der Waals surface area contributed by atoms with Gasteiger partial charge in [-0.3, -0.25) is 9.36 Å². The molecular formula is C22H24N4O3S. The minimum atomic E-state index is 0.0904. The molecule has 8 heteroatoms. The van der Waals surface area contributed by atoms with E-state index in [2.05, 4.69) is 16.3 Å². The van der Waals surface area contributed by atoms with Crippen molar-refractivity contribution in [3.05, 3.63) is 60.4 Å². The molecule has 0 N–H and O–H groups in total. The molecule has 4 rings (SSSR count). The summed E-state index contributed by atoms with van der Waals surface area (Å²) in [5.41, 5.74) is 2.04. The Balaban J connectivity index is 1.44. The van der Waals surface area contributed by atoms with Crippen LogP contribution >= 0.6 is 11.8 Å². The van der Waals surface area contributed by atoms with E-state index in [1.54, 1.807) is 20.5 Å². The highest BCUT2D eigenvalue weighted by Gasteiger charge is 2.30. The van der Waals surface area contributed by atoms with E-state index in [1.807, 2.05) is 51.9 Å². The fraction of sp³-hybridized carbons (Fsp3) is 0.318. The van der Waals surface area contributed by atoms with E-state index in [0.29, 0.717) is 10.9 Å². The Morgan fingerprint density at radius 2 is 1.93 bits per heavy atom. The second kappa shape index (κ2) is 9.21. The maximum absolute atomic E-state index is 13.0. The van der Waals surface area contributed by atoms with Gasteiger partial charge in [-0.25, -0.2) is 0 Å². The van der Waals surface area contributed by atoms with Gasteiger partial charge in [0, 0.05) is 12.2 Å². The van der Waals surface area contributed by atoms with Crippen molar-refractivity contribution in [1.29, 1.82) is 0 Å². The normalized spacial score (nSPS) is 15.9. The first-order valence-corrected chi connectivity index (χ1v) is 10.8. The maximum atomic E-state index is 13.0. The Labute approximate surface area is 180 Å². The predicted molar refractivity (Wildman–Crippen MR) is 115 cm³/mol. The van der Waals surface area contributed by atoms with Crippen LogP contribution in [0.4, 0.5) is 0 Å². The molecule has 2 aromatic carbocycles. The molecule has 0 aliphatic carbocycles. The number of hydrogen-bond donors (Lipinski definition) is 0.